The van der Waals surface area contributed by atoms with E-state index in [0.29, 0.717) is 5.82 Å². The molecule has 0 radical (unpaired) electrons. The summed E-state index contributed by atoms with van der Waals surface area (Å²) in [7, 11) is 0. The van der Waals surface area contributed by atoms with E-state index in [2.05, 4.69) is 255 Å². The van der Waals surface area contributed by atoms with Gasteiger partial charge in [0.15, 0.2) is 5.82 Å². The lowest BCUT2D eigenvalue weighted by Gasteiger charge is -2.13. The van der Waals surface area contributed by atoms with Crippen LogP contribution in [0.3, 0.4) is 0 Å². The summed E-state index contributed by atoms with van der Waals surface area (Å²) in [6, 6.07) is 91.5. The molecule has 308 valence electrons. The van der Waals surface area contributed by atoms with E-state index in [1.165, 1.54) is 66.4 Å². The first-order chi connectivity index (χ1) is 32.7. The molecule has 0 aliphatic heterocycles. The lowest BCUT2D eigenvalue weighted by Crippen LogP contribution is -1.96. The fourth-order valence-corrected chi connectivity index (χ4v) is 9.38. The number of benzene rings is 11. The minimum absolute atomic E-state index is 0.712. The van der Waals surface area contributed by atoms with Gasteiger partial charge in [-0.1, -0.05) is 206 Å². The molecule has 1 heterocycles. The summed E-state index contributed by atoms with van der Waals surface area (Å²) < 4.78 is 0. The van der Waals surface area contributed by atoms with Gasteiger partial charge < -0.3 is 0 Å². The minimum Gasteiger partial charge on any atom is -0.227 e. The molecule has 0 aliphatic rings. The first kappa shape index (κ1) is 38.9. The average Bonchev–Trinajstić information content (AvgIpc) is 3.41. The molecule has 0 aliphatic carbocycles. The van der Waals surface area contributed by atoms with Crippen molar-refractivity contribution in [2.75, 3.05) is 0 Å². The SMILES string of the molecule is c1ccc(-c2cc(-c3ccccc3)cc(-c3cccc(-c4cccc(-c5cccc(-c6ccc(-c7nc(-c8ccc9ccccc9c8)c8ccc9ccccc9c8n7)cc6)c5)c4)c3)c2)cc1. The number of rotatable bonds is 8. The van der Waals surface area contributed by atoms with Crippen LogP contribution in [0.2, 0.25) is 0 Å². The standard InChI is InChI=1S/C64H42N2/c1-3-14-43(15-4-1)57-40-58(44-16-5-2-6-17-44)42-59(41-57)55-26-13-25-54(38-55)53-24-12-23-52(37-53)51-22-11-21-50(36-51)46-28-31-48(32-29-46)64-65-62(56-33-30-45-18-7-8-20-49(45)39-56)61-35-34-47-19-9-10-27-60(47)63(61)66-64/h1-42H. The zero-order valence-corrected chi connectivity index (χ0v) is 36.1. The van der Waals surface area contributed by atoms with Gasteiger partial charge in [-0.15, -0.1) is 0 Å². The Bertz CT molecular complexity index is 3680. The van der Waals surface area contributed by atoms with Gasteiger partial charge in [0.2, 0.25) is 0 Å². The second-order valence-corrected chi connectivity index (χ2v) is 17.0. The van der Waals surface area contributed by atoms with Crippen molar-refractivity contribution in [3.05, 3.63) is 255 Å². The van der Waals surface area contributed by atoms with Gasteiger partial charge in [-0.3, -0.25) is 0 Å². The van der Waals surface area contributed by atoms with Crippen molar-refractivity contribution in [3.8, 4) is 89.4 Å². The van der Waals surface area contributed by atoms with Gasteiger partial charge >= 0.3 is 0 Å². The Labute approximate surface area is 384 Å². The lowest BCUT2D eigenvalue weighted by atomic mass is 9.91. The summed E-state index contributed by atoms with van der Waals surface area (Å²) in [5.74, 6) is 0.712. The Balaban J connectivity index is 0.864. The summed E-state index contributed by atoms with van der Waals surface area (Å²) in [6.07, 6.45) is 0. The van der Waals surface area contributed by atoms with Crippen LogP contribution in [-0.2, 0) is 0 Å². The molecule has 0 N–H and O–H groups in total. The van der Waals surface area contributed by atoms with E-state index in [4.69, 9.17) is 9.97 Å². The molecule has 0 spiro atoms. The molecule has 11 aromatic carbocycles. The monoisotopic (exact) mass is 838 g/mol. The van der Waals surface area contributed by atoms with Crippen molar-refractivity contribution in [3.63, 3.8) is 0 Å². The van der Waals surface area contributed by atoms with Gasteiger partial charge in [-0.05, 0) is 131 Å². The Morgan fingerprint density at radius 3 is 1.18 bits per heavy atom. The highest BCUT2D eigenvalue weighted by Gasteiger charge is 2.16. The maximum atomic E-state index is 5.29. The molecular formula is C64H42N2. The molecule has 66 heavy (non-hydrogen) atoms. The third-order valence-electron chi connectivity index (χ3n) is 12.8. The topological polar surface area (TPSA) is 25.8 Å². The molecular weight excluding hydrogens is 797 g/mol. The number of nitrogens with zero attached hydrogens (tertiary/aromatic N) is 2. The van der Waals surface area contributed by atoms with Crippen LogP contribution in [-0.4, -0.2) is 9.97 Å². The number of hydrogen-bond donors (Lipinski definition) is 0. The van der Waals surface area contributed by atoms with E-state index in [1.54, 1.807) is 0 Å². The van der Waals surface area contributed by atoms with E-state index >= 15 is 0 Å². The van der Waals surface area contributed by atoms with Crippen LogP contribution in [0, 0.1) is 0 Å². The summed E-state index contributed by atoms with van der Waals surface area (Å²) in [6.45, 7) is 0. The first-order valence-corrected chi connectivity index (χ1v) is 22.5. The summed E-state index contributed by atoms with van der Waals surface area (Å²) in [5.41, 5.74) is 18.1. The Hall–Kier alpha value is -8.72. The normalized spacial score (nSPS) is 11.3. The van der Waals surface area contributed by atoms with Gasteiger partial charge in [0.1, 0.15) is 0 Å². The molecule has 0 atom stereocenters. The second-order valence-electron chi connectivity index (χ2n) is 17.0. The van der Waals surface area contributed by atoms with Crippen LogP contribution in [0.4, 0.5) is 0 Å². The van der Waals surface area contributed by atoms with Crippen LogP contribution < -0.4 is 0 Å². The molecule has 2 nitrogen and oxygen atoms in total. The Kier molecular flexibility index (Phi) is 9.89. The number of aromatic nitrogens is 2. The van der Waals surface area contributed by atoms with Crippen LogP contribution >= 0.6 is 0 Å². The van der Waals surface area contributed by atoms with E-state index in [0.717, 1.165) is 49.6 Å². The van der Waals surface area contributed by atoms with Gasteiger partial charge in [0, 0.05) is 21.9 Å². The zero-order valence-electron chi connectivity index (χ0n) is 36.1. The van der Waals surface area contributed by atoms with E-state index < -0.39 is 0 Å². The van der Waals surface area contributed by atoms with Crippen molar-refractivity contribution in [2.24, 2.45) is 0 Å². The highest BCUT2D eigenvalue weighted by atomic mass is 14.9. The van der Waals surface area contributed by atoms with Crippen LogP contribution in [0.1, 0.15) is 0 Å². The van der Waals surface area contributed by atoms with Crippen molar-refractivity contribution in [2.45, 2.75) is 0 Å². The lowest BCUT2D eigenvalue weighted by molar-refractivity contribution is 1.23. The quantitative estimate of drug-likeness (QED) is 0.143. The van der Waals surface area contributed by atoms with Crippen molar-refractivity contribution >= 4 is 32.4 Å². The molecule has 0 saturated carbocycles. The van der Waals surface area contributed by atoms with Gasteiger partial charge in [-0.2, -0.15) is 0 Å². The van der Waals surface area contributed by atoms with E-state index in [1.807, 2.05) is 0 Å². The minimum atomic E-state index is 0.712. The summed E-state index contributed by atoms with van der Waals surface area (Å²) in [5, 5.41) is 5.73. The van der Waals surface area contributed by atoms with Crippen molar-refractivity contribution in [1.29, 1.82) is 0 Å². The largest absolute Gasteiger partial charge is 0.227 e. The maximum absolute atomic E-state index is 5.29. The van der Waals surface area contributed by atoms with Gasteiger partial charge in [0.25, 0.3) is 0 Å². The summed E-state index contributed by atoms with van der Waals surface area (Å²) >= 11 is 0. The summed E-state index contributed by atoms with van der Waals surface area (Å²) in [4.78, 5) is 10.5. The fourth-order valence-electron chi connectivity index (χ4n) is 9.38. The van der Waals surface area contributed by atoms with Crippen molar-refractivity contribution < 1.29 is 0 Å². The molecule has 1 aromatic heterocycles. The van der Waals surface area contributed by atoms with Gasteiger partial charge in [0.05, 0.1) is 11.2 Å². The van der Waals surface area contributed by atoms with E-state index in [9.17, 15) is 0 Å². The predicted molar refractivity (Wildman–Crippen MR) is 278 cm³/mol. The molecule has 0 amide bonds. The second kappa shape index (κ2) is 16.8. The molecule has 12 rings (SSSR count). The fraction of sp³-hybridized carbons (Fsp3) is 0. The maximum Gasteiger partial charge on any atom is 0.160 e. The highest BCUT2D eigenvalue weighted by Crippen LogP contribution is 2.38. The Morgan fingerprint density at radius 1 is 0.197 bits per heavy atom. The molecule has 0 fully saturated rings. The van der Waals surface area contributed by atoms with Crippen LogP contribution in [0.15, 0.2) is 255 Å². The molecule has 2 heteroatoms. The van der Waals surface area contributed by atoms with Crippen molar-refractivity contribution in [1.82, 2.24) is 9.97 Å². The molecule has 12 aromatic rings. The first-order valence-electron chi connectivity index (χ1n) is 22.5. The van der Waals surface area contributed by atoms with E-state index in [-0.39, 0.29) is 0 Å². The molecule has 0 saturated heterocycles. The number of fused-ring (bicyclic) bond motifs is 4. The third kappa shape index (κ3) is 7.51. The molecule has 0 unspecified atom stereocenters. The Morgan fingerprint density at radius 2 is 0.591 bits per heavy atom. The number of hydrogen-bond acceptors (Lipinski definition) is 2. The smallest absolute Gasteiger partial charge is 0.160 e. The molecule has 0 bridgehead atoms. The van der Waals surface area contributed by atoms with Gasteiger partial charge in [-0.25, -0.2) is 9.97 Å². The zero-order chi connectivity index (χ0) is 43.8. The van der Waals surface area contributed by atoms with Crippen LogP contribution in [0.5, 0.6) is 0 Å². The van der Waals surface area contributed by atoms with Crippen LogP contribution in [0.25, 0.3) is 122 Å². The predicted octanol–water partition coefficient (Wildman–Crippen LogP) is 17.3. The average molecular weight is 839 g/mol. The highest BCUT2D eigenvalue weighted by molar-refractivity contribution is 6.10. The third-order valence-corrected chi connectivity index (χ3v) is 12.8.